The van der Waals surface area contributed by atoms with Gasteiger partial charge in [-0.25, -0.2) is 0 Å². The number of carbonyl (C=O) groups is 1. The minimum Gasteiger partial charge on any atom is -0.355 e. The molecule has 4 nitrogen and oxygen atoms in total. The predicted octanol–water partition coefficient (Wildman–Crippen LogP) is 6.06. The molecule has 4 heteroatoms. The fraction of sp³-hybridized carbons (Fsp3) is 0.417. The Balaban J connectivity index is 1.92. The van der Waals surface area contributed by atoms with Crippen LogP contribution < -0.4 is 5.32 Å². The number of carbonyl (C=O) groups excluding carboxylic acids is 1. The number of nitrogens with one attached hydrogen (secondary N) is 1. The van der Waals surface area contributed by atoms with Crippen molar-refractivity contribution < 1.29 is 9.32 Å². The Morgan fingerprint density at radius 1 is 1.11 bits per heavy atom. The quantitative estimate of drug-likeness (QED) is 0.594. The zero-order chi connectivity index (χ0) is 20.7. The molecule has 0 aliphatic carbocycles. The van der Waals surface area contributed by atoms with E-state index in [2.05, 4.69) is 70.2 Å². The van der Waals surface area contributed by atoms with Crippen molar-refractivity contribution in [1.82, 2.24) is 10.5 Å². The molecule has 0 fully saturated rings. The van der Waals surface area contributed by atoms with Crippen LogP contribution in [0.3, 0.4) is 0 Å². The Kier molecular flexibility index (Phi) is 7.38. The molecule has 1 aromatic carbocycles. The summed E-state index contributed by atoms with van der Waals surface area (Å²) in [6.07, 6.45) is 6.29. The molecule has 0 radical (unpaired) electrons. The summed E-state index contributed by atoms with van der Waals surface area (Å²) < 4.78 is 5.37. The molecule has 0 saturated heterocycles. The van der Waals surface area contributed by atoms with E-state index in [-0.39, 0.29) is 11.3 Å². The lowest BCUT2D eigenvalue weighted by Crippen LogP contribution is -2.23. The van der Waals surface area contributed by atoms with Crippen LogP contribution >= 0.6 is 0 Å². The average molecular weight is 381 g/mol. The number of hydrogen-bond acceptors (Lipinski definition) is 3. The van der Waals surface area contributed by atoms with Crippen LogP contribution in [0.25, 0.3) is 11.3 Å². The molecule has 0 bridgehead atoms. The van der Waals surface area contributed by atoms with E-state index in [9.17, 15) is 4.79 Å². The monoisotopic (exact) mass is 380 g/mol. The minimum absolute atomic E-state index is 0.0995. The van der Waals surface area contributed by atoms with E-state index in [0.717, 1.165) is 18.4 Å². The highest BCUT2D eigenvalue weighted by molar-refractivity contribution is 5.93. The Labute approximate surface area is 168 Å². The SMILES string of the molecule is CC(C)=CCC/C(C)=C/CNC(=O)c1cc(-c2ccc(C(C)(C)C)cc2)on1. The average Bonchev–Trinajstić information content (AvgIpc) is 3.11. The fourth-order valence-electron chi connectivity index (χ4n) is 2.75. The second-order valence-corrected chi connectivity index (χ2v) is 8.48. The summed E-state index contributed by atoms with van der Waals surface area (Å²) in [5.41, 5.74) is 5.15. The molecule has 0 spiro atoms. The van der Waals surface area contributed by atoms with Gasteiger partial charge in [-0.1, -0.05) is 73.5 Å². The first-order valence-corrected chi connectivity index (χ1v) is 9.81. The molecule has 0 saturated carbocycles. The van der Waals surface area contributed by atoms with Crippen molar-refractivity contribution in [2.75, 3.05) is 6.54 Å². The molecule has 150 valence electrons. The van der Waals surface area contributed by atoms with Crippen molar-refractivity contribution in [1.29, 1.82) is 0 Å². The van der Waals surface area contributed by atoms with Crippen LogP contribution in [0.2, 0.25) is 0 Å². The van der Waals surface area contributed by atoms with E-state index in [0.29, 0.717) is 18.0 Å². The van der Waals surface area contributed by atoms with Gasteiger partial charge in [-0.3, -0.25) is 4.79 Å². The summed E-state index contributed by atoms with van der Waals surface area (Å²) in [6, 6.07) is 9.86. The topological polar surface area (TPSA) is 55.1 Å². The van der Waals surface area contributed by atoms with Crippen molar-refractivity contribution in [3.63, 3.8) is 0 Å². The third kappa shape index (κ3) is 6.52. The number of rotatable bonds is 7. The summed E-state index contributed by atoms with van der Waals surface area (Å²) in [7, 11) is 0. The van der Waals surface area contributed by atoms with Crippen LogP contribution in [0.4, 0.5) is 0 Å². The van der Waals surface area contributed by atoms with Crippen molar-refractivity contribution in [3.8, 4) is 11.3 Å². The second-order valence-electron chi connectivity index (χ2n) is 8.48. The highest BCUT2D eigenvalue weighted by Gasteiger charge is 2.16. The third-order valence-electron chi connectivity index (χ3n) is 4.58. The van der Waals surface area contributed by atoms with Crippen molar-refractivity contribution in [2.45, 2.75) is 59.8 Å². The summed E-state index contributed by atoms with van der Waals surface area (Å²) >= 11 is 0. The summed E-state index contributed by atoms with van der Waals surface area (Å²) in [6.45, 7) is 13.3. The number of nitrogens with zero attached hydrogens (tertiary/aromatic N) is 1. The Hall–Kier alpha value is -2.62. The van der Waals surface area contributed by atoms with Gasteiger partial charge in [0.1, 0.15) is 0 Å². The normalized spacial score (nSPS) is 12.0. The lowest BCUT2D eigenvalue weighted by atomic mass is 9.86. The minimum atomic E-state index is -0.227. The highest BCUT2D eigenvalue weighted by atomic mass is 16.5. The number of hydrogen-bond donors (Lipinski definition) is 1. The van der Waals surface area contributed by atoms with Gasteiger partial charge in [-0.15, -0.1) is 0 Å². The van der Waals surface area contributed by atoms with Gasteiger partial charge >= 0.3 is 0 Å². The Bertz CT molecular complexity index is 845. The molecule has 1 heterocycles. The van der Waals surface area contributed by atoms with Crippen molar-refractivity contribution >= 4 is 5.91 Å². The van der Waals surface area contributed by atoms with Gasteiger partial charge in [0.2, 0.25) is 0 Å². The Morgan fingerprint density at radius 3 is 2.39 bits per heavy atom. The van der Waals surface area contributed by atoms with Gasteiger partial charge in [0.15, 0.2) is 11.5 Å². The zero-order valence-electron chi connectivity index (χ0n) is 17.9. The van der Waals surface area contributed by atoms with Gasteiger partial charge in [0.25, 0.3) is 5.91 Å². The standard InChI is InChI=1S/C24H32N2O2/c1-17(2)8-7-9-18(3)14-15-25-23(27)21-16-22(28-26-21)19-10-12-20(13-11-19)24(4,5)6/h8,10-14,16H,7,9,15H2,1-6H3,(H,25,27)/b18-14+. The summed E-state index contributed by atoms with van der Waals surface area (Å²) in [5.74, 6) is 0.369. The Morgan fingerprint density at radius 2 is 1.79 bits per heavy atom. The number of amides is 1. The molecule has 2 aromatic rings. The van der Waals surface area contributed by atoms with Gasteiger partial charge in [0, 0.05) is 18.2 Å². The van der Waals surface area contributed by atoms with E-state index < -0.39 is 0 Å². The first-order valence-electron chi connectivity index (χ1n) is 9.81. The van der Waals surface area contributed by atoms with Gasteiger partial charge < -0.3 is 9.84 Å². The maximum atomic E-state index is 12.3. The first kappa shape index (κ1) is 21.7. The smallest absolute Gasteiger partial charge is 0.273 e. The van der Waals surface area contributed by atoms with Gasteiger partial charge in [-0.2, -0.15) is 0 Å². The highest BCUT2D eigenvalue weighted by Crippen LogP contribution is 2.26. The van der Waals surface area contributed by atoms with Crippen LogP contribution in [0.15, 0.2) is 58.2 Å². The van der Waals surface area contributed by atoms with Crippen molar-refractivity contribution in [3.05, 3.63) is 64.9 Å². The molecule has 0 atom stereocenters. The van der Waals surface area contributed by atoms with Gasteiger partial charge in [-0.05, 0) is 44.6 Å². The second kappa shape index (κ2) is 9.54. The van der Waals surface area contributed by atoms with Crippen LogP contribution in [0.1, 0.15) is 70.4 Å². The lowest BCUT2D eigenvalue weighted by molar-refractivity contribution is 0.0949. The van der Waals surface area contributed by atoms with Crippen LogP contribution in [0.5, 0.6) is 0 Å². The van der Waals surface area contributed by atoms with Crippen LogP contribution in [-0.4, -0.2) is 17.6 Å². The molecule has 2 rings (SSSR count). The zero-order valence-corrected chi connectivity index (χ0v) is 17.9. The molecular formula is C24H32N2O2. The van der Waals surface area contributed by atoms with E-state index in [1.54, 1.807) is 6.07 Å². The largest absolute Gasteiger partial charge is 0.355 e. The maximum Gasteiger partial charge on any atom is 0.273 e. The molecule has 1 N–H and O–H groups in total. The van der Waals surface area contributed by atoms with E-state index in [1.165, 1.54) is 16.7 Å². The predicted molar refractivity (Wildman–Crippen MR) is 115 cm³/mol. The summed E-state index contributed by atoms with van der Waals surface area (Å²) in [5, 5.41) is 6.78. The number of allylic oxidation sites excluding steroid dienone is 3. The molecule has 1 amide bonds. The van der Waals surface area contributed by atoms with Crippen LogP contribution in [0, 0.1) is 0 Å². The molecular weight excluding hydrogens is 348 g/mol. The molecule has 1 aromatic heterocycles. The number of benzene rings is 1. The summed E-state index contributed by atoms with van der Waals surface area (Å²) in [4.78, 5) is 12.3. The molecule has 0 aliphatic rings. The van der Waals surface area contributed by atoms with Crippen LogP contribution in [-0.2, 0) is 5.41 Å². The fourth-order valence-corrected chi connectivity index (χ4v) is 2.75. The van der Waals surface area contributed by atoms with Crippen molar-refractivity contribution in [2.24, 2.45) is 0 Å². The maximum absolute atomic E-state index is 12.3. The van der Waals surface area contributed by atoms with E-state index in [4.69, 9.17) is 4.52 Å². The molecule has 0 unspecified atom stereocenters. The first-order chi connectivity index (χ1) is 13.2. The van der Waals surface area contributed by atoms with E-state index in [1.807, 2.05) is 18.2 Å². The van der Waals surface area contributed by atoms with Gasteiger partial charge in [0.05, 0.1) is 0 Å². The third-order valence-corrected chi connectivity index (χ3v) is 4.58. The number of aromatic nitrogens is 1. The molecule has 0 aliphatic heterocycles. The van der Waals surface area contributed by atoms with E-state index >= 15 is 0 Å². The lowest BCUT2D eigenvalue weighted by Gasteiger charge is -2.18. The molecule has 28 heavy (non-hydrogen) atoms.